The Balaban J connectivity index is 2.62. The largest absolute Gasteiger partial charge is 0.477 e. The lowest BCUT2D eigenvalue weighted by Crippen LogP contribution is -1.98. The summed E-state index contributed by atoms with van der Waals surface area (Å²) in [5.74, 6) is -0.832. The highest BCUT2D eigenvalue weighted by Gasteiger charge is 2.28. The van der Waals surface area contributed by atoms with Gasteiger partial charge in [0.2, 0.25) is 0 Å². The quantitative estimate of drug-likeness (QED) is 0.746. The van der Waals surface area contributed by atoms with E-state index in [1.807, 2.05) is 0 Å². The summed E-state index contributed by atoms with van der Waals surface area (Å²) in [5, 5.41) is 8.81. The van der Waals surface area contributed by atoms with E-state index in [9.17, 15) is 9.59 Å². The average molecular weight is 196 g/mol. The van der Waals surface area contributed by atoms with E-state index in [-0.39, 0.29) is 5.78 Å². The fraction of sp³-hybridized carbons (Fsp3) is 0.333. The number of hydrogen-bond donors (Lipinski definition) is 1. The van der Waals surface area contributed by atoms with Crippen LogP contribution in [0.3, 0.4) is 0 Å². The molecule has 0 aliphatic heterocycles. The van der Waals surface area contributed by atoms with Crippen molar-refractivity contribution in [3.8, 4) is 0 Å². The van der Waals surface area contributed by atoms with E-state index in [0.717, 1.165) is 4.88 Å². The Hall–Kier alpha value is -1.16. The second-order valence-electron chi connectivity index (χ2n) is 3.08. The van der Waals surface area contributed by atoms with Crippen molar-refractivity contribution in [2.24, 2.45) is 0 Å². The number of ketones is 1. The molecule has 0 saturated carbocycles. The van der Waals surface area contributed by atoms with Gasteiger partial charge in [0.25, 0.3) is 0 Å². The van der Waals surface area contributed by atoms with Crippen molar-refractivity contribution in [1.29, 1.82) is 0 Å². The summed E-state index contributed by atoms with van der Waals surface area (Å²) in [6.07, 6.45) is 1.26. The maximum atomic E-state index is 11.3. The number of thiophene rings is 1. The van der Waals surface area contributed by atoms with Crippen molar-refractivity contribution in [3.05, 3.63) is 20.9 Å². The summed E-state index contributed by atoms with van der Waals surface area (Å²) in [4.78, 5) is 23.3. The number of carbonyl (C=O) groups is 2. The van der Waals surface area contributed by atoms with Gasteiger partial charge >= 0.3 is 5.97 Å². The van der Waals surface area contributed by atoms with Gasteiger partial charge in [-0.25, -0.2) is 4.79 Å². The van der Waals surface area contributed by atoms with Gasteiger partial charge in [-0.2, -0.15) is 0 Å². The lowest BCUT2D eigenvalue weighted by Gasteiger charge is -1.93. The first kappa shape index (κ1) is 8.44. The fourth-order valence-corrected chi connectivity index (χ4v) is 2.83. The molecule has 0 fully saturated rings. The van der Waals surface area contributed by atoms with Gasteiger partial charge in [0.1, 0.15) is 4.88 Å². The van der Waals surface area contributed by atoms with Crippen LogP contribution in [0.1, 0.15) is 36.9 Å². The van der Waals surface area contributed by atoms with Crippen LogP contribution in [0.5, 0.6) is 0 Å². The van der Waals surface area contributed by atoms with E-state index in [1.165, 1.54) is 11.3 Å². The van der Waals surface area contributed by atoms with Crippen LogP contribution in [-0.4, -0.2) is 16.9 Å². The van der Waals surface area contributed by atoms with Crippen LogP contribution >= 0.6 is 11.3 Å². The Morgan fingerprint density at radius 1 is 1.46 bits per heavy atom. The Morgan fingerprint density at radius 2 is 2.15 bits per heavy atom. The van der Waals surface area contributed by atoms with Crippen LogP contribution in [-0.2, 0) is 6.42 Å². The number of rotatable bonds is 1. The highest BCUT2D eigenvalue weighted by Crippen LogP contribution is 2.34. The summed E-state index contributed by atoms with van der Waals surface area (Å²) in [6, 6.07) is 0. The lowest BCUT2D eigenvalue weighted by atomic mass is 10.1. The van der Waals surface area contributed by atoms with Crippen LogP contribution < -0.4 is 0 Å². The molecule has 4 heteroatoms. The Labute approximate surface area is 79.0 Å². The first-order chi connectivity index (χ1) is 6.11. The first-order valence-electron chi connectivity index (χ1n) is 4.00. The molecule has 0 amide bonds. The minimum Gasteiger partial charge on any atom is -0.477 e. The normalized spacial score (nSPS) is 14.7. The molecule has 1 N–H and O–H groups in total. The van der Waals surface area contributed by atoms with Crippen LogP contribution in [0.25, 0.3) is 0 Å². The summed E-state index contributed by atoms with van der Waals surface area (Å²) in [7, 11) is 0. The minimum absolute atomic E-state index is 0.0938. The highest BCUT2D eigenvalue weighted by molar-refractivity contribution is 7.14. The van der Waals surface area contributed by atoms with E-state index in [1.54, 1.807) is 6.92 Å². The van der Waals surface area contributed by atoms with E-state index < -0.39 is 5.97 Å². The Morgan fingerprint density at radius 3 is 2.69 bits per heavy atom. The van der Waals surface area contributed by atoms with E-state index >= 15 is 0 Å². The van der Waals surface area contributed by atoms with Crippen molar-refractivity contribution in [2.75, 3.05) is 0 Å². The molecule has 0 saturated heterocycles. The number of aromatic carboxylic acids is 1. The van der Waals surface area contributed by atoms with Gasteiger partial charge in [0.05, 0.1) is 0 Å². The monoisotopic (exact) mass is 196 g/mol. The van der Waals surface area contributed by atoms with Crippen LogP contribution in [0, 0.1) is 6.92 Å². The molecule has 0 spiro atoms. The number of carboxylic acids is 1. The van der Waals surface area contributed by atoms with E-state index in [2.05, 4.69) is 0 Å². The fourth-order valence-electron chi connectivity index (χ4n) is 1.67. The van der Waals surface area contributed by atoms with E-state index in [0.29, 0.717) is 28.8 Å². The maximum absolute atomic E-state index is 11.3. The molecule has 68 valence electrons. The maximum Gasteiger partial charge on any atom is 0.346 e. The number of hydrogen-bond acceptors (Lipinski definition) is 3. The molecule has 1 aromatic heterocycles. The molecule has 1 aliphatic carbocycles. The van der Waals surface area contributed by atoms with Gasteiger partial charge in [0, 0.05) is 16.9 Å². The molecule has 0 bridgehead atoms. The van der Waals surface area contributed by atoms with Gasteiger partial charge in [0.15, 0.2) is 5.78 Å². The van der Waals surface area contributed by atoms with Gasteiger partial charge in [-0.1, -0.05) is 0 Å². The third-order valence-electron chi connectivity index (χ3n) is 2.27. The van der Waals surface area contributed by atoms with Crippen molar-refractivity contribution in [3.63, 3.8) is 0 Å². The molecule has 0 unspecified atom stereocenters. The second kappa shape index (κ2) is 2.67. The molecule has 2 rings (SSSR count). The predicted molar refractivity (Wildman–Crippen MR) is 48.7 cm³/mol. The number of carbonyl (C=O) groups excluding carboxylic acids is 1. The van der Waals surface area contributed by atoms with Crippen molar-refractivity contribution in [1.82, 2.24) is 0 Å². The SMILES string of the molecule is Cc1c(C(=O)O)sc2c1C(=O)CC2. The molecule has 0 aromatic carbocycles. The smallest absolute Gasteiger partial charge is 0.346 e. The Kier molecular flexibility index (Phi) is 1.73. The molecule has 13 heavy (non-hydrogen) atoms. The molecule has 1 aliphatic rings. The molecule has 0 atom stereocenters. The summed E-state index contributed by atoms with van der Waals surface area (Å²) >= 11 is 1.24. The number of Topliss-reactive ketones (excluding diaryl/α,β-unsaturated/α-hetero) is 1. The van der Waals surface area contributed by atoms with Crippen molar-refractivity contribution in [2.45, 2.75) is 19.8 Å². The average Bonchev–Trinajstić information content (AvgIpc) is 2.55. The summed E-state index contributed by atoms with van der Waals surface area (Å²) in [6.45, 7) is 1.71. The number of aryl methyl sites for hydroxylation is 1. The molecule has 1 aromatic rings. The van der Waals surface area contributed by atoms with Gasteiger partial charge in [-0.05, 0) is 18.9 Å². The van der Waals surface area contributed by atoms with Crippen molar-refractivity contribution < 1.29 is 14.7 Å². The summed E-state index contributed by atoms with van der Waals surface area (Å²) in [5.41, 5.74) is 1.32. The zero-order chi connectivity index (χ0) is 9.59. The van der Waals surface area contributed by atoms with Gasteiger partial charge < -0.3 is 5.11 Å². The van der Waals surface area contributed by atoms with Crippen molar-refractivity contribution >= 4 is 23.1 Å². The third-order valence-corrected chi connectivity index (χ3v) is 3.61. The lowest BCUT2D eigenvalue weighted by molar-refractivity contribution is 0.0701. The minimum atomic E-state index is -0.926. The predicted octanol–water partition coefficient (Wildman–Crippen LogP) is 1.88. The van der Waals surface area contributed by atoms with Crippen LogP contribution in [0.2, 0.25) is 0 Å². The van der Waals surface area contributed by atoms with E-state index in [4.69, 9.17) is 5.11 Å². The third kappa shape index (κ3) is 1.09. The standard InChI is InChI=1S/C9H8O3S/c1-4-7-5(10)2-3-6(7)13-8(4)9(11)12/h2-3H2,1H3,(H,11,12). The topological polar surface area (TPSA) is 54.4 Å². The van der Waals surface area contributed by atoms with Gasteiger partial charge in [-0.15, -0.1) is 11.3 Å². The molecule has 3 nitrogen and oxygen atoms in total. The number of carboxylic acid groups (broad SMARTS) is 1. The highest BCUT2D eigenvalue weighted by atomic mass is 32.1. The zero-order valence-corrected chi connectivity index (χ0v) is 7.90. The molecule has 0 radical (unpaired) electrons. The Bertz CT molecular complexity index is 403. The number of fused-ring (bicyclic) bond motifs is 1. The van der Waals surface area contributed by atoms with Crippen LogP contribution in [0.4, 0.5) is 0 Å². The van der Waals surface area contributed by atoms with Gasteiger partial charge in [-0.3, -0.25) is 4.79 Å². The first-order valence-corrected chi connectivity index (χ1v) is 4.81. The molecular formula is C9H8O3S. The molecule has 1 heterocycles. The van der Waals surface area contributed by atoms with Crippen LogP contribution in [0.15, 0.2) is 0 Å². The molecular weight excluding hydrogens is 188 g/mol. The second-order valence-corrected chi connectivity index (χ2v) is 4.19. The zero-order valence-electron chi connectivity index (χ0n) is 7.09. The summed E-state index contributed by atoms with van der Waals surface area (Å²) < 4.78 is 0.